The van der Waals surface area contributed by atoms with Crippen LogP contribution in [0.5, 0.6) is 0 Å². The number of benzene rings is 2. The second-order valence-electron chi connectivity index (χ2n) is 8.04. The first-order valence-electron chi connectivity index (χ1n) is 10.4. The fourth-order valence-electron chi connectivity index (χ4n) is 3.85. The Hall–Kier alpha value is -2.20. The minimum atomic E-state index is -4.99. The molecule has 1 aliphatic heterocycles. The molecule has 1 fully saturated rings. The quantitative estimate of drug-likeness (QED) is 0.393. The number of hydrogen-bond donors (Lipinski definition) is 1. The third-order valence-electron chi connectivity index (χ3n) is 5.69. The lowest BCUT2D eigenvalue weighted by Crippen LogP contribution is -2.38. The van der Waals surface area contributed by atoms with Gasteiger partial charge in [0.25, 0.3) is 5.91 Å². The molecular weight excluding hydrogens is 466 g/mol. The van der Waals surface area contributed by atoms with Gasteiger partial charge in [0.15, 0.2) is 0 Å². The topological polar surface area (TPSA) is 32.3 Å². The lowest BCUT2D eigenvalue weighted by atomic mass is 9.96. The van der Waals surface area contributed by atoms with Crippen LogP contribution in [-0.4, -0.2) is 36.7 Å². The normalized spacial score (nSPS) is 16.1. The molecule has 1 amide bonds. The molecule has 0 atom stereocenters. The molecule has 180 valence electrons. The first-order chi connectivity index (χ1) is 15.5. The molecule has 0 bridgehead atoms. The van der Waals surface area contributed by atoms with Gasteiger partial charge in [-0.3, -0.25) is 9.69 Å². The predicted molar refractivity (Wildman–Crippen MR) is 115 cm³/mol. The maximum absolute atomic E-state index is 13.0. The van der Waals surface area contributed by atoms with Gasteiger partial charge in [-0.2, -0.15) is 26.3 Å². The van der Waals surface area contributed by atoms with E-state index < -0.39 is 35.0 Å². The lowest BCUT2D eigenvalue weighted by molar-refractivity contribution is -0.143. The van der Waals surface area contributed by atoms with E-state index in [1.54, 1.807) is 11.8 Å². The van der Waals surface area contributed by atoms with Gasteiger partial charge in [-0.25, -0.2) is 0 Å². The van der Waals surface area contributed by atoms with E-state index in [2.05, 4.69) is 22.3 Å². The summed E-state index contributed by atoms with van der Waals surface area (Å²) in [6.45, 7) is 2.60. The van der Waals surface area contributed by atoms with Gasteiger partial charge in [-0.05, 0) is 67.9 Å². The molecule has 0 radical (unpaired) electrons. The molecule has 0 aliphatic carbocycles. The number of hydrogen-bond acceptors (Lipinski definition) is 3. The molecule has 2 aromatic carbocycles. The summed E-state index contributed by atoms with van der Waals surface area (Å²) in [5.74, 6) is -0.836. The average molecular weight is 491 g/mol. The standard InChI is InChI=1S/C23H24F6N2OS/c1-33-20-5-3-2-4-16(20)14-31-8-6-15(7-9-31)13-30-21(32)17-10-18(22(24,25)26)12-19(11-17)23(27,28)29/h2-5,10-12,15H,6-9,13-14H2,1H3,(H,30,32). The van der Waals surface area contributed by atoms with Gasteiger partial charge in [-0.1, -0.05) is 18.2 Å². The van der Waals surface area contributed by atoms with Crippen LogP contribution in [0.1, 0.15) is 39.9 Å². The van der Waals surface area contributed by atoms with Crippen molar-refractivity contribution >= 4 is 17.7 Å². The Balaban J connectivity index is 1.57. The second-order valence-corrected chi connectivity index (χ2v) is 8.88. The van der Waals surface area contributed by atoms with E-state index in [9.17, 15) is 31.1 Å². The van der Waals surface area contributed by atoms with Crippen LogP contribution in [0.2, 0.25) is 0 Å². The van der Waals surface area contributed by atoms with Crippen molar-refractivity contribution in [1.82, 2.24) is 10.2 Å². The third-order valence-corrected chi connectivity index (χ3v) is 6.53. The zero-order chi connectivity index (χ0) is 24.2. The van der Waals surface area contributed by atoms with Crippen molar-refractivity contribution in [2.24, 2.45) is 5.92 Å². The van der Waals surface area contributed by atoms with Gasteiger partial charge >= 0.3 is 12.4 Å². The van der Waals surface area contributed by atoms with Crippen LogP contribution in [0.25, 0.3) is 0 Å². The van der Waals surface area contributed by atoms with Crippen LogP contribution in [0, 0.1) is 5.92 Å². The smallest absolute Gasteiger partial charge is 0.352 e. The summed E-state index contributed by atoms with van der Waals surface area (Å²) >= 11 is 1.68. The fraction of sp³-hybridized carbons (Fsp3) is 0.435. The van der Waals surface area contributed by atoms with Gasteiger partial charge < -0.3 is 5.32 Å². The molecule has 2 aromatic rings. The molecule has 0 spiro atoms. The minimum Gasteiger partial charge on any atom is -0.352 e. The predicted octanol–water partition coefficient (Wildman–Crippen LogP) is 6.09. The van der Waals surface area contributed by atoms with Crippen molar-refractivity contribution in [3.63, 3.8) is 0 Å². The van der Waals surface area contributed by atoms with Crippen LogP contribution in [0.3, 0.4) is 0 Å². The Labute approximate surface area is 192 Å². The Kier molecular flexibility index (Phi) is 8.00. The number of rotatable bonds is 6. The van der Waals surface area contributed by atoms with Crippen LogP contribution in [-0.2, 0) is 18.9 Å². The van der Waals surface area contributed by atoms with E-state index in [0.29, 0.717) is 12.1 Å². The number of amides is 1. The summed E-state index contributed by atoms with van der Waals surface area (Å²) in [6.07, 6.45) is -6.40. The average Bonchev–Trinajstić information content (AvgIpc) is 2.77. The maximum Gasteiger partial charge on any atom is 0.416 e. The second kappa shape index (κ2) is 10.4. The summed E-state index contributed by atoms with van der Waals surface area (Å²) in [5.41, 5.74) is -2.41. The molecule has 1 saturated heterocycles. The Morgan fingerprint density at radius 1 is 1.00 bits per heavy atom. The van der Waals surface area contributed by atoms with Gasteiger partial charge in [-0.15, -0.1) is 11.8 Å². The zero-order valence-electron chi connectivity index (χ0n) is 17.9. The van der Waals surface area contributed by atoms with Crippen LogP contribution < -0.4 is 5.32 Å². The molecule has 33 heavy (non-hydrogen) atoms. The van der Waals surface area contributed by atoms with Crippen molar-refractivity contribution in [1.29, 1.82) is 0 Å². The highest BCUT2D eigenvalue weighted by Crippen LogP contribution is 2.36. The van der Waals surface area contributed by atoms with Crippen LogP contribution in [0.4, 0.5) is 26.3 Å². The molecule has 3 nitrogen and oxygen atoms in total. The van der Waals surface area contributed by atoms with Gasteiger partial charge in [0.2, 0.25) is 0 Å². The zero-order valence-corrected chi connectivity index (χ0v) is 18.7. The Morgan fingerprint density at radius 2 is 1.58 bits per heavy atom. The van der Waals surface area contributed by atoms with Crippen molar-refractivity contribution in [3.8, 4) is 0 Å². The first-order valence-corrected chi connectivity index (χ1v) is 11.6. The first kappa shape index (κ1) is 25.4. The molecule has 1 heterocycles. The number of nitrogens with zero attached hydrogens (tertiary/aromatic N) is 1. The van der Waals surface area contributed by atoms with E-state index >= 15 is 0 Å². The van der Waals surface area contributed by atoms with Gasteiger partial charge in [0.05, 0.1) is 11.1 Å². The summed E-state index contributed by atoms with van der Waals surface area (Å²) in [7, 11) is 0. The summed E-state index contributed by atoms with van der Waals surface area (Å²) in [6, 6.07) is 9.07. The number of nitrogens with one attached hydrogen (secondary N) is 1. The highest BCUT2D eigenvalue weighted by molar-refractivity contribution is 7.98. The van der Waals surface area contributed by atoms with Crippen molar-refractivity contribution < 1.29 is 31.1 Å². The summed E-state index contributed by atoms with van der Waals surface area (Å²) < 4.78 is 78.1. The molecule has 10 heteroatoms. The van der Waals surface area contributed by atoms with Crippen molar-refractivity contribution in [2.45, 2.75) is 36.6 Å². The van der Waals surface area contributed by atoms with Crippen molar-refractivity contribution in [2.75, 3.05) is 25.9 Å². The largest absolute Gasteiger partial charge is 0.416 e. The van der Waals surface area contributed by atoms with Crippen molar-refractivity contribution in [3.05, 3.63) is 64.7 Å². The summed E-state index contributed by atoms with van der Waals surface area (Å²) in [4.78, 5) is 15.9. The van der Waals surface area contributed by atoms with E-state index in [4.69, 9.17) is 0 Å². The molecule has 1 N–H and O–H groups in total. The molecular formula is C23H24F6N2OS. The number of likely N-dealkylation sites (tertiary alicyclic amines) is 1. The molecule has 0 saturated carbocycles. The van der Waals surface area contributed by atoms with Gasteiger partial charge in [0.1, 0.15) is 0 Å². The lowest BCUT2D eigenvalue weighted by Gasteiger charge is -2.32. The van der Waals surface area contributed by atoms with E-state index in [1.165, 1.54) is 10.5 Å². The van der Waals surface area contributed by atoms with Crippen LogP contribution in [0.15, 0.2) is 47.4 Å². The number of thioether (sulfide) groups is 1. The fourth-order valence-corrected chi connectivity index (χ4v) is 4.46. The third kappa shape index (κ3) is 6.89. The van der Waals surface area contributed by atoms with E-state index in [-0.39, 0.29) is 18.5 Å². The Morgan fingerprint density at radius 3 is 2.12 bits per heavy atom. The SMILES string of the molecule is CSc1ccccc1CN1CCC(CNC(=O)c2cc(C(F)(F)F)cc(C(F)(F)F)c2)CC1. The monoisotopic (exact) mass is 490 g/mol. The molecule has 3 rings (SSSR count). The van der Waals surface area contributed by atoms with Crippen LogP contribution >= 0.6 is 11.8 Å². The number of piperidine rings is 1. The Bertz CT molecular complexity index is 936. The molecule has 0 aromatic heterocycles. The molecule has 1 aliphatic rings. The highest BCUT2D eigenvalue weighted by Gasteiger charge is 2.37. The van der Waals surface area contributed by atoms with E-state index in [0.717, 1.165) is 32.5 Å². The summed E-state index contributed by atoms with van der Waals surface area (Å²) in [5, 5.41) is 2.51. The molecule has 0 unspecified atom stereocenters. The number of halogens is 6. The number of carbonyl (C=O) groups excluding carboxylic acids is 1. The van der Waals surface area contributed by atoms with E-state index in [1.807, 2.05) is 18.4 Å². The highest BCUT2D eigenvalue weighted by atomic mass is 32.2. The van der Waals surface area contributed by atoms with Gasteiger partial charge in [0, 0.05) is 23.5 Å². The number of carbonyl (C=O) groups is 1. The maximum atomic E-state index is 13.0. The number of alkyl halides is 6. The minimum absolute atomic E-state index is 0.0156.